The first kappa shape index (κ1) is 14.0. The molecular weight excluding hydrogens is 196 g/mol. The van der Waals surface area contributed by atoms with E-state index < -0.39 is 0 Å². The second kappa shape index (κ2) is 6.61. The number of hydrogen-bond acceptors (Lipinski definition) is 2. The number of nitrogens with one attached hydrogen (secondary N) is 1. The first-order chi connectivity index (χ1) is 7.63. The van der Waals surface area contributed by atoms with Crippen molar-refractivity contribution < 1.29 is 0 Å². The average Bonchev–Trinajstić information content (AvgIpc) is 2.66. The molecule has 0 radical (unpaired) electrons. The van der Waals surface area contributed by atoms with E-state index in [2.05, 4.69) is 37.9 Å². The number of hydrogen-bond donors (Lipinski definition) is 1. The highest BCUT2D eigenvalue weighted by Gasteiger charge is 2.34. The number of nitrogens with zero attached hydrogens (tertiary/aromatic N) is 1. The highest BCUT2D eigenvalue weighted by atomic mass is 15.2. The summed E-state index contributed by atoms with van der Waals surface area (Å²) in [6.07, 6.45) is 6.62. The van der Waals surface area contributed by atoms with E-state index in [0.29, 0.717) is 11.6 Å². The van der Waals surface area contributed by atoms with Gasteiger partial charge in [-0.25, -0.2) is 0 Å². The van der Waals surface area contributed by atoms with Crippen molar-refractivity contribution in [3.8, 4) is 0 Å². The highest BCUT2D eigenvalue weighted by Crippen LogP contribution is 2.26. The van der Waals surface area contributed by atoms with E-state index >= 15 is 0 Å². The summed E-state index contributed by atoms with van der Waals surface area (Å²) in [5.74, 6) is 0. The molecule has 1 N–H and O–H groups in total. The maximum absolute atomic E-state index is 3.77. The van der Waals surface area contributed by atoms with E-state index in [-0.39, 0.29) is 0 Å². The van der Waals surface area contributed by atoms with E-state index in [1.165, 1.54) is 51.7 Å². The van der Waals surface area contributed by atoms with E-state index in [1.807, 2.05) is 0 Å². The van der Waals surface area contributed by atoms with Crippen molar-refractivity contribution in [2.45, 2.75) is 71.4 Å². The molecule has 1 aliphatic heterocycles. The second-order valence-corrected chi connectivity index (χ2v) is 5.62. The highest BCUT2D eigenvalue weighted by molar-refractivity contribution is 4.95. The molecule has 1 heterocycles. The van der Waals surface area contributed by atoms with Gasteiger partial charge in [-0.2, -0.15) is 0 Å². The first-order valence-electron chi connectivity index (χ1n) is 7.12. The summed E-state index contributed by atoms with van der Waals surface area (Å²) >= 11 is 0. The summed E-state index contributed by atoms with van der Waals surface area (Å²) in [6.45, 7) is 12.9. The van der Waals surface area contributed by atoms with Gasteiger partial charge in [-0.3, -0.25) is 4.90 Å². The average molecular weight is 226 g/mol. The maximum Gasteiger partial charge on any atom is 0.0309 e. The molecule has 1 unspecified atom stereocenters. The van der Waals surface area contributed by atoms with Gasteiger partial charge in [0.2, 0.25) is 0 Å². The zero-order valence-electron chi connectivity index (χ0n) is 11.7. The lowest BCUT2D eigenvalue weighted by molar-refractivity contribution is 0.151. The smallest absolute Gasteiger partial charge is 0.0309 e. The fraction of sp³-hybridized carbons (Fsp3) is 1.00. The van der Waals surface area contributed by atoms with Gasteiger partial charge in [0, 0.05) is 18.1 Å². The zero-order chi connectivity index (χ0) is 12.0. The van der Waals surface area contributed by atoms with Crippen LogP contribution in [0.2, 0.25) is 0 Å². The summed E-state index contributed by atoms with van der Waals surface area (Å²) < 4.78 is 0. The van der Waals surface area contributed by atoms with Crippen molar-refractivity contribution in [3.05, 3.63) is 0 Å². The molecule has 0 aromatic heterocycles. The van der Waals surface area contributed by atoms with Crippen LogP contribution in [0.4, 0.5) is 0 Å². The summed E-state index contributed by atoms with van der Waals surface area (Å²) in [6, 6.07) is 0.677. The zero-order valence-corrected chi connectivity index (χ0v) is 11.7. The van der Waals surface area contributed by atoms with Gasteiger partial charge in [-0.1, -0.05) is 20.3 Å². The molecule has 1 rings (SSSR count). The predicted octanol–water partition coefficient (Wildman–Crippen LogP) is 3.03. The molecular formula is C14H30N2. The summed E-state index contributed by atoms with van der Waals surface area (Å²) in [5.41, 5.74) is 0.425. The molecule has 0 aromatic carbocycles. The molecule has 2 nitrogen and oxygen atoms in total. The minimum Gasteiger partial charge on any atom is -0.310 e. The van der Waals surface area contributed by atoms with Crippen molar-refractivity contribution in [2.75, 3.05) is 19.6 Å². The molecule has 0 saturated carbocycles. The minimum absolute atomic E-state index is 0.425. The fourth-order valence-corrected chi connectivity index (χ4v) is 2.97. The van der Waals surface area contributed by atoms with Crippen LogP contribution in [0.1, 0.15) is 59.8 Å². The lowest BCUT2D eigenvalue weighted by Gasteiger charge is -2.37. The van der Waals surface area contributed by atoms with Crippen LogP contribution in [0.3, 0.4) is 0 Å². The lowest BCUT2D eigenvalue weighted by atomic mass is 9.90. The van der Waals surface area contributed by atoms with E-state index in [1.54, 1.807) is 0 Å². The van der Waals surface area contributed by atoms with Gasteiger partial charge in [-0.15, -0.1) is 0 Å². The van der Waals surface area contributed by atoms with Gasteiger partial charge in [0.15, 0.2) is 0 Å². The first-order valence-corrected chi connectivity index (χ1v) is 7.12. The molecule has 0 aromatic rings. The predicted molar refractivity (Wildman–Crippen MR) is 71.9 cm³/mol. The molecule has 1 fully saturated rings. The van der Waals surface area contributed by atoms with Crippen LogP contribution in [0.25, 0.3) is 0 Å². The fourth-order valence-electron chi connectivity index (χ4n) is 2.97. The minimum atomic E-state index is 0.425. The van der Waals surface area contributed by atoms with Crippen LogP contribution in [0, 0.1) is 0 Å². The van der Waals surface area contributed by atoms with Crippen LogP contribution in [0.15, 0.2) is 0 Å². The molecule has 0 bridgehead atoms. The van der Waals surface area contributed by atoms with Crippen LogP contribution in [-0.4, -0.2) is 36.1 Å². The third-order valence-electron chi connectivity index (χ3n) is 3.81. The Morgan fingerprint density at radius 3 is 2.44 bits per heavy atom. The SMILES string of the molecule is CCCN(CC1(CCC)CCCN1)C(C)C. The van der Waals surface area contributed by atoms with Crippen LogP contribution < -0.4 is 5.32 Å². The van der Waals surface area contributed by atoms with Gasteiger partial charge in [0.1, 0.15) is 0 Å². The van der Waals surface area contributed by atoms with Crippen molar-refractivity contribution in [3.63, 3.8) is 0 Å². The van der Waals surface area contributed by atoms with E-state index in [9.17, 15) is 0 Å². The van der Waals surface area contributed by atoms with Crippen molar-refractivity contribution in [1.82, 2.24) is 10.2 Å². The third-order valence-corrected chi connectivity index (χ3v) is 3.81. The van der Waals surface area contributed by atoms with Gasteiger partial charge in [-0.05, 0) is 52.6 Å². The summed E-state index contributed by atoms with van der Waals surface area (Å²) in [4.78, 5) is 2.65. The van der Waals surface area contributed by atoms with Crippen molar-refractivity contribution in [1.29, 1.82) is 0 Å². The largest absolute Gasteiger partial charge is 0.310 e. The normalized spacial score (nSPS) is 25.9. The van der Waals surface area contributed by atoms with Gasteiger partial charge in [0.25, 0.3) is 0 Å². The molecule has 2 heteroatoms. The lowest BCUT2D eigenvalue weighted by Crippen LogP contribution is -2.51. The molecule has 0 aliphatic carbocycles. The Kier molecular flexibility index (Phi) is 5.77. The Morgan fingerprint density at radius 1 is 1.25 bits per heavy atom. The Labute approximate surface area is 102 Å². The van der Waals surface area contributed by atoms with Gasteiger partial charge in [0.05, 0.1) is 0 Å². The number of rotatable bonds is 7. The van der Waals surface area contributed by atoms with Crippen LogP contribution in [0.5, 0.6) is 0 Å². The Morgan fingerprint density at radius 2 is 2.00 bits per heavy atom. The van der Waals surface area contributed by atoms with Crippen molar-refractivity contribution in [2.24, 2.45) is 0 Å². The molecule has 96 valence electrons. The summed E-state index contributed by atoms with van der Waals surface area (Å²) in [5, 5.41) is 3.77. The maximum atomic E-state index is 3.77. The third kappa shape index (κ3) is 3.74. The van der Waals surface area contributed by atoms with E-state index in [0.717, 1.165) is 0 Å². The standard InChI is InChI=1S/C14H30N2/c1-5-8-14(9-7-10-15-14)12-16(11-6-2)13(3)4/h13,15H,5-12H2,1-4H3. The monoisotopic (exact) mass is 226 g/mol. The molecule has 1 aliphatic rings. The molecule has 1 saturated heterocycles. The molecule has 0 amide bonds. The Hall–Kier alpha value is -0.0800. The Balaban J connectivity index is 2.57. The van der Waals surface area contributed by atoms with Gasteiger partial charge >= 0.3 is 0 Å². The second-order valence-electron chi connectivity index (χ2n) is 5.62. The van der Waals surface area contributed by atoms with Crippen LogP contribution in [-0.2, 0) is 0 Å². The Bertz CT molecular complexity index is 183. The topological polar surface area (TPSA) is 15.3 Å². The molecule has 16 heavy (non-hydrogen) atoms. The van der Waals surface area contributed by atoms with Gasteiger partial charge < -0.3 is 5.32 Å². The van der Waals surface area contributed by atoms with Crippen LogP contribution >= 0.6 is 0 Å². The van der Waals surface area contributed by atoms with Crippen molar-refractivity contribution >= 4 is 0 Å². The van der Waals surface area contributed by atoms with E-state index in [4.69, 9.17) is 0 Å². The quantitative estimate of drug-likeness (QED) is 0.718. The molecule has 1 atom stereocenters. The molecule has 0 spiro atoms. The summed E-state index contributed by atoms with van der Waals surface area (Å²) in [7, 11) is 0.